The fraction of sp³-hybridized carbons (Fsp3) is 0.727. The number of hydrogen-bond donors (Lipinski definition) is 1. The first-order valence-corrected chi connectivity index (χ1v) is 5.11. The maximum Gasteiger partial charge on any atom is 0.234 e. The minimum atomic E-state index is 0.0183. The van der Waals surface area contributed by atoms with Gasteiger partial charge in [-0.1, -0.05) is 12.3 Å². The van der Waals surface area contributed by atoms with Gasteiger partial charge in [0.1, 0.15) is 0 Å². The van der Waals surface area contributed by atoms with Crippen LogP contribution in [0.25, 0.3) is 0 Å². The van der Waals surface area contributed by atoms with Crippen molar-refractivity contribution in [2.75, 3.05) is 26.7 Å². The molecule has 0 aromatic rings. The van der Waals surface area contributed by atoms with Gasteiger partial charge < -0.3 is 5.32 Å². The summed E-state index contributed by atoms with van der Waals surface area (Å²) in [6.45, 7) is 1.82. The second-order valence-corrected chi connectivity index (χ2v) is 3.97. The summed E-state index contributed by atoms with van der Waals surface area (Å²) in [5.41, 5.74) is 0. The van der Waals surface area contributed by atoms with E-state index in [2.05, 4.69) is 16.1 Å². The van der Waals surface area contributed by atoms with E-state index in [0.29, 0.717) is 13.1 Å². The molecule has 1 N–H and O–H groups in total. The van der Waals surface area contributed by atoms with Crippen LogP contribution in [-0.4, -0.2) is 37.5 Å². The molecule has 0 heterocycles. The fourth-order valence-corrected chi connectivity index (χ4v) is 1.63. The molecule has 1 amide bonds. The summed E-state index contributed by atoms with van der Waals surface area (Å²) in [5.74, 6) is 3.21. The normalized spacial score (nSPS) is 16.1. The van der Waals surface area contributed by atoms with Crippen LogP contribution in [0.1, 0.15) is 19.3 Å². The molecule has 0 radical (unpaired) electrons. The smallest absolute Gasteiger partial charge is 0.234 e. The molecule has 0 aromatic carbocycles. The molecule has 3 nitrogen and oxygen atoms in total. The molecule has 78 valence electrons. The first-order valence-electron chi connectivity index (χ1n) is 5.11. The van der Waals surface area contributed by atoms with E-state index in [1.54, 1.807) is 0 Å². The zero-order valence-corrected chi connectivity index (χ0v) is 8.75. The van der Waals surface area contributed by atoms with E-state index in [1.807, 2.05) is 7.05 Å². The van der Waals surface area contributed by atoms with Crippen molar-refractivity contribution in [2.45, 2.75) is 19.3 Å². The summed E-state index contributed by atoms with van der Waals surface area (Å²) in [7, 11) is 1.98. The molecule has 1 rings (SSSR count). The molecule has 1 fully saturated rings. The SMILES string of the molecule is C#CCNC(=O)CN(C)CC1CCC1. The Hall–Kier alpha value is -1.01. The second-order valence-electron chi connectivity index (χ2n) is 3.97. The van der Waals surface area contributed by atoms with Gasteiger partial charge in [-0.15, -0.1) is 6.42 Å². The summed E-state index contributed by atoms with van der Waals surface area (Å²) in [4.78, 5) is 13.3. The second kappa shape index (κ2) is 5.66. The van der Waals surface area contributed by atoms with Gasteiger partial charge in [-0.2, -0.15) is 0 Å². The van der Waals surface area contributed by atoms with Crippen LogP contribution < -0.4 is 5.32 Å². The van der Waals surface area contributed by atoms with Gasteiger partial charge in [-0.25, -0.2) is 0 Å². The number of amides is 1. The Labute approximate surface area is 85.9 Å². The van der Waals surface area contributed by atoms with Gasteiger partial charge in [-0.05, 0) is 25.8 Å². The lowest BCUT2D eigenvalue weighted by Crippen LogP contribution is -2.38. The highest BCUT2D eigenvalue weighted by Gasteiger charge is 2.19. The monoisotopic (exact) mass is 194 g/mol. The molecular weight excluding hydrogens is 176 g/mol. The van der Waals surface area contributed by atoms with E-state index in [9.17, 15) is 4.79 Å². The highest BCUT2D eigenvalue weighted by atomic mass is 16.1. The summed E-state index contributed by atoms with van der Waals surface area (Å²) in [6.07, 6.45) is 9.02. The van der Waals surface area contributed by atoms with Gasteiger partial charge in [0.05, 0.1) is 13.1 Å². The van der Waals surface area contributed by atoms with Crippen LogP contribution in [0.15, 0.2) is 0 Å². The molecule has 0 aromatic heterocycles. The van der Waals surface area contributed by atoms with Gasteiger partial charge in [0, 0.05) is 6.54 Å². The molecular formula is C11H18N2O. The Morgan fingerprint density at radius 3 is 2.86 bits per heavy atom. The van der Waals surface area contributed by atoms with E-state index < -0.39 is 0 Å². The number of nitrogens with zero attached hydrogens (tertiary/aromatic N) is 1. The van der Waals surface area contributed by atoms with Gasteiger partial charge in [0.15, 0.2) is 0 Å². The lowest BCUT2D eigenvalue weighted by atomic mass is 9.85. The zero-order valence-electron chi connectivity index (χ0n) is 8.75. The minimum Gasteiger partial charge on any atom is -0.344 e. The topological polar surface area (TPSA) is 32.3 Å². The van der Waals surface area contributed by atoms with Crippen molar-refractivity contribution in [2.24, 2.45) is 5.92 Å². The molecule has 0 unspecified atom stereocenters. The molecule has 0 aliphatic heterocycles. The van der Waals surface area contributed by atoms with Crippen LogP contribution in [0.4, 0.5) is 0 Å². The Bertz CT molecular complexity index is 228. The van der Waals surface area contributed by atoms with Crippen molar-refractivity contribution in [3.63, 3.8) is 0 Å². The summed E-state index contributed by atoms with van der Waals surface area (Å²) in [5, 5.41) is 2.66. The maximum absolute atomic E-state index is 11.3. The molecule has 0 spiro atoms. The summed E-state index contributed by atoms with van der Waals surface area (Å²) in [6, 6.07) is 0. The maximum atomic E-state index is 11.3. The Morgan fingerprint density at radius 1 is 1.64 bits per heavy atom. The predicted octanol–water partition coefficient (Wildman–Crippen LogP) is 0.468. The molecule has 1 saturated carbocycles. The van der Waals surface area contributed by atoms with Gasteiger partial charge >= 0.3 is 0 Å². The molecule has 14 heavy (non-hydrogen) atoms. The van der Waals surface area contributed by atoms with E-state index in [4.69, 9.17) is 6.42 Å². The molecule has 0 atom stereocenters. The van der Waals surface area contributed by atoms with Crippen LogP contribution in [0.2, 0.25) is 0 Å². The van der Waals surface area contributed by atoms with Crippen LogP contribution in [0.5, 0.6) is 0 Å². The third kappa shape index (κ3) is 3.80. The number of terminal acetylenes is 1. The standard InChI is InChI=1S/C11H18N2O/c1-3-7-12-11(14)9-13(2)8-10-5-4-6-10/h1,10H,4-9H2,2H3,(H,12,14). The van der Waals surface area contributed by atoms with E-state index in [-0.39, 0.29) is 5.91 Å². The van der Waals surface area contributed by atoms with Gasteiger partial charge in [-0.3, -0.25) is 9.69 Å². The lowest BCUT2D eigenvalue weighted by molar-refractivity contribution is -0.121. The summed E-state index contributed by atoms with van der Waals surface area (Å²) < 4.78 is 0. The average molecular weight is 194 g/mol. The largest absolute Gasteiger partial charge is 0.344 e. The van der Waals surface area contributed by atoms with Gasteiger partial charge in [0.2, 0.25) is 5.91 Å². The average Bonchev–Trinajstić information content (AvgIpc) is 2.08. The highest BCUT2D eigenvalue weighted by Crippen LogP contribution is 2.26. The van der Waals surface area contributed by atoms with Crippen LogP contribution >= 0.6 is 0 Å². The third-order valence-corrected chi connectivity index (χ3v) is 2.60. The van der Waals surface area contributed by atoms with Crippen molar-refractivity contribution >= 4 is 5.91 Å². The minimum absolute atomic E-state index is 0.0183. The summed E-state index contributed by atoms with van der Waals surface area (Å²) >= 11 is 0. The Kier molecular flexibility index (Phi) is 4.48. The molecule has 3 heteroatoms. The molecule has 0 bridgehead atoms. The van der Waals surface area contributed by atoms with Crippen molar-refractivity contribution in [3.8, 4) is 12.3 Å². The van der Waals surface area contributed by atoms with Crippen LogP contribution in [0, 0.1) is 18.3 Å². The van der Waals surface area contributed by atoms with E-state index in [0.717, 1.165) is 12.5 Å². The van der Waals surface area contributed by atoms with E-state index >= 15 is 0 Å². The van der Waals surface area contributed by atoms with Crippen molar-refractivity contribution in [3.05, 3.63) is 0 Å². The Morgan fingerprint density at radius 2 is 2.36 bits per heavy atom. The first-order chi connectivity index (χ1) is 6.72. The lowest BCUT2D eigenvalue weighted by Gasteiger charge is -2.29. The fourth-order valence-electron chi connectivity index (χ4n) is 1.63. The first kappa shape index (κ1) is 11.1. The van der Waals surface area contributed by atoms with Crippen LogP contribution in [-0.2, 0) is 4.79 Å². The van der Waals surface area contributed by atoms with E-state index in [1.165, 1.54) is 19.3 Å². The molecule has 0 saturated heterocycles. The highest BCUT2D eigenvalue weighted by molar-refractivity contribution is 5.78. The zero-order chi connectivity index (χ0) is 10.4. The number of carbonyl (C=O) groups excluding carboxylic acids is 1. The molecule has 1 aliphatic carbocycles. The number of nitrogens with one attached hydrogen (secondary N) is 1. The predicted molar refractivity (Wildman–Crippen MR) is 56.7 cm³/mol. The Balaban J connectivity index is 2.09. The van der Waals surface area contributed by atoms with Crippen molar-refractivity contribution in [1.29, 1.82) is 0 Å². The quantitative estimate of drug-likeness (QED) is 0.645. The third-order valence-electron chi connectivity index (χ3n) is 2.60. The number of hydrogen-bond acceptors (Lipinski definition) is 2. The number of carbonyl (C=O) groups is 1. The number of rotatable bonds is 5. The van der Waals surface area contributed by atoms with Crippen LogP contribution in [0.3, 0.4) is 0 Å². The molecule has 1 aliphatic rings. The van der Waals surface area contributed by atoms with Crippen molar-refractivity contribution in [1.82, 2.24) is 10.2 Å². The van der Waals surface area contributed by atoms with Gasteiger partial charge in [0.25, 0.3) is 0 Å². The van der Waals surface area contributed by atoms with Crippen molar-refractivity contribution < 1.29 is 4.79 Å². The number of likely N-dealkylation sites (N-methyl/N-ethyl adjacent to an activating group) is 1.